The van der Waals surface area contributed by atoms with E-state index in [0.29, 0.717) is 5.75 Å². The van der Waals surface area contributed by atoms with Crippen molar-refractivity contribution in [3.8, 4) is 5.75 Å². The van der Waals surface area contributed by atoms with E-state index in [1.807, 2.05) is 29.0 Å². The molecular formula is C15H21BrOSSi. The molecule has 0 unspecified atom stereocenters. The second-order valence-electron chi connectivity index (χ2n) is 5.63. The Balaban J connectivity index is 0.000000300. The van der Waals surface area contributed by atoms with Gasteiger partial charge in [-0.3, -0.25) is 0 Å². The van der Waals surface area contributed by atoms with Crippen LogP contribution in [0.4, 0.5) is 0 Å². The molecule has 1 N–H and O–H groups in total. The van der Waals surface area contributed by atoms with Gasteiger partial charge in [-0.15, -0.1) is 0 Å². The van der Waals surface area contributed by atoms with Gasteiger partial charge < -0.3 is 5.11 Å². The Morgan fingerprint density at radius 3 is 2.21 bits per heavy atom. The maximum Gasteiger partial charge on any atom is 0.116 e. The quantitative estimate of drug-likeness (QED) is 0.690. The molecule has 0 fully saturated rings. The highest BCUT2D eigenvalue weighted by Gasteiger charge is 2.13. The fourth-order valence-electron chi connectivity index (χ4n) is 1.48. The van der Waals surface area contributed by atoms with E-state index in [1.54, 1.807) is 23.5 Å². The molecule has 0 aliphatic rings. The van der Waals surface area contributed by atoms with E-state index in [1.165, 1.54) is 11.6 Å². The van der Waals surface area contributed by atoms with Crippen molar-refractivity contribution in [2.75, 3.05) is 0 Å². The number of halogens is 1. The predicted octanol–water partition coefficient (Wildman–Crippen LogP) is 5.78. The Morgan fingerprint density at radius 2 is 1.79 bits per heavy atom. The maximum absolute atomic E-state index is 9.24. The summed E-state index contributed by atoms with van der Waals surface area (Å²) in [5.74, 6) is 0.327. The van der Waals surface area contributed by atoms with Crippen LogP contribution in [0, 0.1) is 0 Å². The van der Waals surface area contributed by atoms with Crippen molar-refractivity contribution in [3.63, 3.8) is 0 Å². The van der Waals surface area contributed by atoms with Gasteiger partial charge in [-0.05, 0) is 34.9 Å². The normalized spacial score (nSPS) is 10.7. The number of hydrogen-bond acceptors (Lipinski definition) is 2. The fraction of sp³-hybridized carbons (Fsp3) is 0.333. The van der Waals surface area contributed by atoms with Gasteiger partial charge >= 0.3 is 0 Å². The Kier molecular flexibility index (Phi) is 6.83. The van der Waals surface area contributed by atoms with Crippen molar-refractivity contribution >= 4 is 35.3 Å². The molecule has 0 spiro atoms. The minimum atomic E-state index is -0.960. The first-order valence-electron chi connectivity index (χ1n) is 6.33. The summed E-state index contributed by atoms with van der Waals surface area (Å²) in [5, 5.41) is 13.3. The summed E-state index contributed by atoms with van der Waals surface area (Å²) in [7, 11) is -0.960. The lowest BCUT2D eigenvalue weighted by Crippen LogP contribution is -2.19. The van der Waals surface area contributed by atoms with Crippen LogP contribution in [0.3, 0.4) is 0 Å². The third kappa shape index (κ3) is 7.55. The molecule has 4 heteroatoms. The number of phenolic OH excluding ortho intramolecular Hbond substituents is 1. The fourth-order valence-corrected chi connectivity index (χ4v) is 3.51. The van der Waals surface area contributed by atoms with E-state index in [9.17, 15) is 5.11 Å². The van der Waals surface area contributed by atoms with Crippen LogP contribution >= 0.6 is 27.3 Å². The first kappa shape index (κ1) is 16.5. The number of benzene rings is 1. The molecule has 0 saturated heterocycles. The lowest BCUT2D eigenvalue weighted by molar-refractivity contribution is 0.474. The summed E-state index contributed by atoms with van der Waals surface area (Å²) in [4.78, 5) is 0. The van der Waals surface area contributed by atoms with Crippen molar-refractivity contribution in [3.05, 3.63) is 51.1 Å². The first-order chi connectivity index (χ1) is 8.88. The van der Waals surface area contributed by atoms with E-state index in [4.69, 9.17) is 0 Å². The highest BCUT2D eigenvalue weighted by molar-refractivity contribution is 9.10. The predicted molar refractivity (Wildman–Crippen MR) is 92.0 cm³/mol. The van der Waals surface area contributed by atoms with Crippen LogP contribution in [-0.4, -0.2) is 13.2 Å². The summed E-state index contributed by atoms with van der Waals surface area (Å²) >= 11 is 5.18. The van der Waals surface area contributed by atoms with Crippen LogP contribution in [0.25, 0.3) is 0 Å². The number of aryl methyl sites for hydroxylation is 1. The average molecular weight is 357 g/mol. The van der Waals surface area contributed by atoms with Crippen LogP contribution < -0.4 is 0 Å². The third-order valence-electron chi connectivity index (χ3n) is 2.61. The topological polar surface area (TPSA) is 20.2 Å². The summed E-state index contributed by atoms with van der Waals surface area (Å²) in [5.41, 5.74) is 1.30. The minimum absolute atomic E-state index is 0.327. The van der Waals surface area contributed by atoms with Gasteiger partial charge in [0.15, 0.2) is 0 Å². The van der Waals surface area contributed by atoms with Crippen molar-refractivity contribution in [2.24, 2.45) is 0 Å². The SMILES string of the molecule is C[Si](C)(C)CCc1ccc(O)cc1Br.c1ccsc1. The molecule has 0 aliphatic carbocycles. The lowest BCUT2D eigenvalue weighted by Gasteiger charge is -2.15. The van der Waals surface area contributed by atoms with Crippen LogP contribution in [0.15, 0.2) is 45.6 Å². The van der Waals surface area contributed by atoms with Crippen LogP contribution in [0.1, 0.15) is 5.56 Å². The molecule has 1 heterocycles. The summed E-state index contributed by atoms with van der Waals surface area (Å²) in [6.07, 6.45) is 1.11. The summed E-state index contributed by atoms with van der Waals surface area (Å²) in [6.45, 7) is 7.13. The molecule has 1 nitrogen and oxygen atoms in total. The van der Waals surface area contributed by atoms with E-state index in [-0.39, 0.29) is 0 Å². The van der Waals surface area contributed by atoms with Gasteiger partial charge in [0, 0.05) is 12.5 Å². The zero-order valence-electron chi connectivity index (χ0n) is 11.7. The number of aromatic hydroxyl groups is 1. The van der Waals surface area contributed by atoms with Crippen LogP contribution in [-0.2, 0) is 6.42 Å². The van der Waals surface area contributed by atoms with Gasteiger partial charge in [-0.2, -0.15) is 11.3 Å². The largest absolute Gasteiger partial charge is 0.508 e. The molecule has 1 aromatic carbocycles. The smallest absolute Gasteiger partial charge is 0.116 e. The van der Waals surface area contributed by atoms with Gasteiger partial charge in [0.25, 0.3) is 0 Å². The number of phenols is 1. The number of thiophene rings is 1. The zero-order chi connectivity index (χ0) is 14.3. The average Bonchev–Trinajstić information content (AvgIpc) is 2.85. The third-order valence-corrected chi connectivity index (χ3v) is 5.72. The second-order valence-corrected chi connectivity index (χ2v) is 12.9. The standard InChI is InChI=1S/C11H17BrOSi.C4H4S/c1-14(2,3)7-6-9-4-5-10(13)8-11(9)12;1-2-4-5-3-1/h4-5,8,13H,6-7H2,1-3H3;1-4H. The number of rotatable bonds is 3. The summed E-state index contributed by atoms with van der Waals surface area (Å²) < 4.78 is 1.02. The van der Waals surface area contributed by atoms with Crippen molar-refractivity contribution in [1.29, 1.82) is 0 Å². The van der Waals surface area contributed by atoms with Crippen LogP contribution in [0.5, 0.6) is 5.75 Å². The molecule has 2 aromatic rings. The molecule has 0 bridgehead atoms. The Bertz CT molecular complexity index is 460. The Hall–Kier alpha value is -0.583. The Labute approximate surface area is 129 Å². The number of hydrogen-bond donors (Lipinski definition) is 1. The molecule has 104 valence electrons. The van der Waals surface area contributed by atoms with E-state index in [0.717, 1.165) is 10.9 Å². The molecule has 0 radical (unpaired) electrons. The first-order valence-corrected chi connectivity index (χ1v) is 11.8. The van der Waals surface area contributed by atoms with Gasteiger partial charge in [0.1, 0.15) is 5.75 Å². The summed E-state index contributed by atoms with van der Waals surface area (Å²) in [6, 6.07) is 10.8. The molecule has 0 atom stereocenters. The van der Waals surface area contributed by atoms with E-state index >= 15 is 0 Å². The lowest BCUT2D eigenvalue weighted by atomic mass is 10.2. The minimum Gasteiger partial charge on any atom is -0.508 e. The van der Waals surface area contributed by atoms with Gasteiger partial charge in [0.2, 0.25) is 0 Å². The maximum atomic E-state index is 9.24. The molecule has 2 rings (SSSR count). The monoisotopic (exact) mass is 356 g/mol. The molecular weight excluding hydrogens is 336 g/mol. The second kappa shape index (κ2) is 7.87. The van der Waals surface area contributed by atoms with E-state index < -0.39 is 8.07 Å². The highest BCUT2D eigenvalue weighted by atomic mass is 79.9. The highest BCUT2D eigenvalue weighted by Crippen LogP contribution is 2.25. The molecule has 0 amide bonds. The van der Waals surface area contributed by atoms with Crippen molar-refractivity contribution < 1.29 is 5.11 Å². The molecule has 19 heavy (non-hydrogen) atoms. The van der Waals surface area contributed by atoms with Gasteiger partial charge in [-0.1, -0.05) is 59.8 Å². The van der Waals surface area contributed by atoms with Gasteiger partial charge in [0.05, 0.1) is 0 Å². The zero-order valence-corrected chi connectivity index (χ0v) is 15.1. The molecule has 1 aromatic heterocycles. The van der Waals surface area contributed by atoms with Gasteiger partial charge in [-0.25, -0.2) is 0 Å². The van der Waals surface area contributed by atoms with Crippen molar-refractivity contribution in [1.82, 2.24) is 0 Å². The van der Waals surface area contributed by atoms with Crippen molar-refractivity contribution in [2.45, 2.75) is 32.1 Å². The van der Waals surface area contributed by atoms with E-state index in [2.05, 4.69) is 35.6 Å². The molecule has 0 saturated carbocycles. The molecule has 0 aliphatic heterocycles. The Morgan fingerprint density at radius 1 is 1.16 bits per heavy atom. The van der Waals surface area contributed by atoms with Crippen LogP contribution in [0.2, 0.25) is 25.7 Å².